The van der Waals surface area contributed by atoms with E-state index in [1.165, 1.54) is 12.1 Å². The van der Waals surface area contributed by atoms with E-state index in [9.17, 15) is 8.60 Å². The Hall–Kier alpha value is -1.07. The predicted molar refractivity (Wildman–Crippen MR) is 68.4 cm³/mol. The summed E-state index contributed by atoms with van der Waals surface area (Å²) in [6, 6.07) is 9.68. The number of hydrogen-bond donors (Lipinski definition) is 0. The molecule has 0 N–H and O–H groups in total. The first kappa shape index (κ1) is 12.4. The van der Waals surface area contributed by atoms with Crippen molar-refractivity contribution < 1.29 is 8.60 Å². The Labute approximate surface area is 109 Å². The third-order valence-electron chi connectivity index (χ3n) is 2.15. The fraction of sp³-hybridized carbons (Fsp3) is 0.0833. The van der Waals surface area contributed by atoms with Gasteiger partial charge in [-0.2, -0.15) is 0 Å². The van der Waals surface area contributed by atoms with Crippen LogP contribution in [-0.4, -0.2) is 9.19 Å². The van der Waals surface area contributed by atoms with Crippen LogP contribution >= 0.6 is 15.9 Å². The Morgan fingerprint density at radius 1 is 1.24 bits per heavy atom. The van der Waals surface area contributed by atoms with E-state index in [0.29, 0.717) is 5.69 Å². The minimum Gasteiger partial charge on any atom is -0.259 e. The largest absolute Gasteiger partial charge is 0.259 e. The minimum atomic E-state index is -1.41. The number of hydrogen-bond acceptors (Lipinski definition) is 2. The van der Waals surface area contributed by atoms with Crippen LogP contribution in [0, 0.1) is 5.82 Å². The smallest absolute Gasteiger partial charge is 0.139 e. The van der Waals surface area contributed by atoms with Crippen LogP contribution in [0.2, 0.25) is 0 Å². The van der Waals surface area contributed by atoms with E-state index < -0.39 is 16.6 Å². The first-order chi connectivity index (χ1) is 8.16. The topological polar surface area (TPSA) is 30.0 Å². The quantitative estimate of drug-likeness (QED) is 0.870. The molecule has 2 nitrogen and oxygen atoms in total. The molecule has 1 heterocycles. The van der Waals surface area contributed by atoms with Gasteiger partial charge in [0, 0.05) is 10.7 Å². The second-order valence-corrected chi connectivity index (χ2v) is 5.72. The van der Waals surface area contributed by atoms with Crippen LogP contribution in [0.15, 0.2) is 52.0 Å². The lowest BCUT2D eigenvalue weighted by atomic mass is 10.3. The summed E-state index contributed by atoms with van der Waals surface area (Å²) in [5.41, 5.74) is 0.676. The predicted octanol–water partition coefficient (Wildman–Crippen LogP) is 3.29. The zero-order valence-electron chi connectivity index (χ0n) is 8.77. The van der Waals surface area contributed by atoms with Crippen LogP contribution < -0.4 is 0 Å². The van der Waals surface area contributed by atoms with Crippen molar-refractivity contribution in [3.63, 3.8) is 0 Å². The number of pyridine rings is 1. The Morgan fingerprint density at radius 2 is 2.00 bits per heavy atom. The van der Waals surface area contributed by atoms with Crippen molar-refractivity contribution in [1.82, 2.24) is 4.98 Å². The van der Waals surface area contributed by atoms with Crippen molar-refractivity contribution in [2.75, 3.05) is 0 Å². The lowest BCUT2D eigenvalue weighted by Crippen LogP contribution is -2.00. The van der Waals surface area contributed by atoms with Crippen LogP contribution in [0.5, 0.6) is 0 Å². The molecule has 0 aliphatic carbocycles. The molecule has 0 saturated heterocycles. The van der Waals surface area contributed by atoms with E-state index in [0.717, 1.165) is 4.47 Å². The first-order valence-electron chi connectivity index (χ1n) is 4.90. The monoisotopic (exact) mass is 313 g/mol. The van der Waals surface area contributed by atoms with E-state index in [-0.39, 0.29) is 10.6 Å². The van der Waals surface area contributed by atoms with Crippen LogP contribution in [0.25, 0.3) is 0 Å². The molecule has 0 aliphatic heterocycles. The van der Waals surface area contributed by atoms with E-state index >= 15 is 0 Å². The highest BCUT2D eigenvalue weighted by molar-refractivity contribution is 9.10. The Bertz CT molecular complexity index is 544. The highest BCUT2D eigenvalue weighted by atomic mass is 79.9. The van der Waals surface area contributed by atoms with E-state index in [1.807, 2.05) is 6.07 Å². The Kier molecular flexibility index (Phi) is 4.02. The maximum atomic E-state index is 13.4. The van der Waals surface area contributed by atoms with Gasteiger partial charge in [-0.05, 0) is 40.2 Å². The molecular weight excluding hydrogens is 305 g/mol. The van der Waals surface area contributed by atoms with Crippen molar-refractivity contribution >= 4 is 26.7 Å². The molecule has 0 spiro atoms. The van der Waals surface area contributed by atoms with Crippen LogP contribution in [-0.2, 0) is 16.6 Å². The van der Waals surface area contributed by atoms with Crippen molar-refractivity contribution in [3.05, 3.63) is 58.6 Å². The SMILES string of the molecule is O=S(Cc1ccc(Br)cn1)c1ccccc1F. The summed E-state index contributed by atoms with van der Waals surface area (Å²) in [7, 11) is -1.41. The number of rotatable bonds is 3. The molecule has 1 aromatic carbocycles. The van der Waals surface area contributed by atoms with Gasteiger partial charge in [0.15, 0.2) is 0 Å². The fourth-order valence-electron chi connectivity index (χ4n) is 1.33. The van der Waals surface area contributed by atoms with Gasteiger partial charge in [-0.15, -0.1) is 0 Å². The summed E-state index contributed by atoms with van der Waals surface area (Å²) in [6.45, 7) is 0. The third kappa shape index (κ3) is 3.20. The minimum absolute atomic E-state index is 0.216. The number of benzene rings is 1. The fourth-order valence-corrected chi connectivity index (χ4v) is 2.68. The van der Waals surface area contributed by atoms with Crippen LogP contribution in [0.1, 0.15) is 5.69 Å². The zero-order chi connectivity index (χ0) is 12.3. The summed E-state index contributed by atoms with van der Waals surface area (Å²) in [6.07, 6.45) is 1.63. The van der Waals surface area contributed by atoms with Gasteiger partial charge < -0.3 is 0 Å². The average Bonchev–Trinajstić information content (AvgIpc) is 2.32. The molecule has 1 unspecified atom stereocenters. The van der Waals surface area contributed by atoms with Crippen molar-refractivity contribution in [3.8, 4) is 0 Å². The van der Waals surface area contributed by atoms with E-state index in [1.54, 1.807) is 24.4 Å². The number of nitrogens with zero attached hydrogens (tertiary/aromatic N) is 1. The maximum absolute atomic E-state index is 13.4. The zero-order valence-corrected chi connectivity index (χ0v) is 11.2. The van der Waals surface area contributed by atoms with E-state index in [2.05, 4.69) is 20.9 Å². The highest BCUT2D eigenvalue weighted by Crippen LogP contribution is 2.15. The molecule has 0 bridgehead atoms. The molecule has 0 saturated carbocycles. The summed E-state index contributed by atoms with van der Waals surface area (Å²) >= 11 is 3.27. The summed E-state index contributed by atoms with van der Waals surface area (Å²) in [5, 5.41) is 0. The summed E-state index contributed by atoms with van der Waals surface area (Å²) < 4.78 is 26.2. The standard InChI is InChI=1S/C12H9BrFNOS/c13-9-5-6-10(15-7-9)8-17(16)12-4-2-1-3-11(12)14/h1-7H,8H2. The van der Waals surface area contributed by atoms with Crippen molar-refractivity contribution in [2.24, 2.45) is 0 Å². The molecule has 5 heteroatoms. The lowest BCUT2D eigenvalue weighted by Gasteiger charge is -2.03. The normalized spacial score (nSPS) is 12.4. The lowest BCUT2D eigenvalue weighted by molar-refractivity contribution is 0.595. The van der Waals surface area contributed by atoms with Gasteiger partial charge in [0.25, 0.3) is 0 Å². The maximum Gasteiger partial charge on any atom is 0.139 e. The van der Waals surface area contributed by atoms with Crippen molar-refractivity contribution in [1.29, 1.82) is 0 Å². The van der Waals surface area contributed by atoms with Crippen LogP contribution in [0.4, 0.5) is 4.39 Å². The summed E-state index contributed by atoms with van der Waals surface area (Å²) in [5.74, 6) is -0.225. The molecule has 1 atom stereocenters. The highest BCUT2D eigenvalue weighted by Gasteiger charge is 2.10. The molecule has 0 fully saturated rings. The Balaban J connectivity index is 2.17. The van der Waals surface area contributed by atoms with Gasteiger partial charge in [0.1, 0.15) is 5.82 Å². The van der Waals surface area contributed by atoms with Gasteiger partial charge >= 0.3 is 0 Å². The van der Waals surface area contributed by atoms with Crippen molar-refractivity contribution in [2.45, 2.75) is 10.6 Å². The van der Waals surface area contributed by atoms with Gasteiger partial charge in [-0.25, -0.2) is 4.39 Å². The Morgan fingerprint density at radius 3 is 2.65 bits per heavy atom. The molecule has 1 aromatic heterocycles. The third-order valence-corrected chi connectivity index (χ3v) is 4.00. The average molecular weight is 314 g/mol. The van der Waals surface area contributed by atoms with E-state index in [4.69, 9.17) is 0 Å². The summed E-state index contributed by atoms with van der Waals surface area (Å²) in [4.78, 5) is 4.33. The molecule has 2 aromatic rings. The first-order valence-corrected chi connectivity index (χ1v) is 7.01. The van der Waals surface area contributed by atoms with Gasteiger partial charge in [-0.3, -0.25) is 9.19 Å². The van der Waals surface area contributed by atoms with Gasteiger partial charge in [0.05, 0.1) is 27.1 Å². The second kappa shape index (κ2) is 5.51. The van der Waals surface area contributed by atoms with Crippen LogP contribution in [0.3, 0.4) is 0 Å². The van der Waals surface area contributed by atoms with Gasteiger partial charge in [0.2, 0.25) is 0 Å². The molecule has 0 radical (unpaired) electrons. The number of halogens is 2. The molecule has 88 valence electrons. The molecular formula is C12H9BrFNOS. The van der Waals surface area contributed by atoms with Gasteiger partial charge in [-0.1, -0.05) is 12.1 Å². The number of aromatic nitrogens is 1. The molecule has 17 heavy (non-hydrogen) atoms. The molecule has 0 amide bonds. The molecule has 0 aliphatic rings. The molecule has 2 rings (SSSR count). The second-order valence-electron chi connectivity index (χ2n) is 3.39.